The first-order valence-corrected chi connectivity index (χ1v) is 6.31. The van der Waals surface area contributed by atoms with Crippen LogP contribution in [0.4, 0.5) is 0 Å². The van der Waals surface area contributed by atoms with Crippen molar-refractivity contribution in [3.05, 3.63) is 23.3 Å². The molecule has 1 rings (SSSR count). The molecule has 0 aliphatic heterocycles. The van der Waals surface area contributed by atoms with Crippen molar-refractivity contribution in [3.8, 4) is 11.5 Å². The molecule has 0 amide bonds. The van der Waals surface area contributed by atoms with Crippen LogP contribution in [0.15, 0.2) is 12.1 Å². The molecule has 0 fully saturated rings. The average molecular weight is 251 g/mol. The van der Waals surface area contributed by atoms with Crippen LogP contribution in [-0.2, 0) is 5.41 Å². The minimum atomic E-state index is 0.0720. The van der Waals surface area contributed by atoms with Crippen LogP contribution < -0.4 is 15.2 Å². The monoisotopic (exact) mass is 251 g/mol. The van der Waals surface area contributed by atoms with Gasteiger partial charge < -0.3 is 15.2 Å². The highest BCUT2D eigenvalue weighted by atomic mass is 16.5. The lowest BCUT2D eigenvalue weighted by molar-refractivity contribution is 0.348. The normalized spacial score (nSPS) is 13.3. The van der Waals surface area contributed by atoms with Crippen molar-refractivity contribution in [3.63, 3.8) is 0 Å². The third kappa shape index (κ3) is 2.96. The molecule has 1 aromatic rings. The van der Waals surface area contributed by atoms with Gasteiger partial charge >= 0.3 is 0 Å². The van der Waals surface area contributed by atoms with Gasteiger partial charge in [-0.3, -0.25) is 0 Å². The zero-order chi connectivity index (χ0) is 13.9. The Morgan fingerprint density at radius 2 is 1.78 bits per heavy atom. The van der Waals surface area contributed by atoms with Crippen molar-refractivity contribution >= 4 is 0 Å². The summed E-state index contributed by atoms with van der Waals surface area (Å²) in [4.78, 5) is 0. The summed E-state index contributed by atoms with van der Waals surface area (Å²) >= 11 is 0. The highest BCUT2D eigenvalue weighted by molar-refractivity contribution is 5.52. The summed E-state index contributed by atoms with van der Waals surface area (Å²) in [6.07, 6.45) is 0. The van der Waals surface area contributed by atoms with Crippen LogP contribution in [0.25, 0.3) is 0 Å². The van der Waals surface area contributed by atoms with Gasteiger partial charge in [-0.25, -0.2) is 0 Å². The predicted molar refractivity (Wildman–Crippen MR) is 75.7 cm³/mol. The van der Waals surface area contributed by atoms with E-state index in [1.54, 1.807) is 14.2 Å². The van der Waals surface area contributed by atoms with Crippen molar-refractivity contribution in [1.82, 2.24) is 0 Å². The highest BCUT2D eigenvalue weighted by Gasteiger charge is 2.22. The van der Waals surface area contributed by atoms with Crippen molar-refractivity contribution in [2.24, 2.45) is 5.73 Å². The fourth-order valence-electron chi connectivity index (χ4n) is 1.92. The molecule has 0 spiro atoms. The maximum atomic E-state index is 5.78. The van der Waals surface area contributed by atoms with Crippen LogP contribution in [0, 0.1) is 0 Å². The van der Waals surface area contributed by atoms with E-state index < -0.39 is 0 Å². The molecule has 102 valence electrons. The standard InChI is InChI=1S/C15H25NO2/c1-10(9-16)12-7-11(15(2,3)4)8-13(17-5)14(12)18-6/h7-8,10H,9,16H2,1-6H3. The van der Waals surface area contributed by atoms with Crippen LogP contribution >= 0.6 is 0 Å². The van der Waals surface area contributed by atoms with E-state index >= 15 is 0 Å². The quantitative estimate of drug-likeness (QED) is 0.894. The summed E-state index contributed by atoms with van der Waals surface area (Å²) in [5.74, 6) is 1.82. The molecule has 3 heteroatoms. The summed E-state index contributed by atoms with van der Waals surface area (Å²) in [5.41, 5.74) is 8.20. The molecule has 0 saturated heterocycles. The largest absolute Gasteiger partial charge is 0.493 e. The van der Waals surface area contributed by atoms with E-state index in [0.717, 1.165) is 17.1 Å². The summed E-state index contributed by atoms with van der Waals surface area (Å²) in [6.45, 7) is 9.25. The van der Waals surface area contributed by atoms with Crippen LogP contribution in [0.2, 0.25) is 0 Å². The van der Waals surface area contributed by atoms with Crippen LogP contribution in [0.3, 0.4) is 0 Å². The molecular formula is C15H25NO2. The number of nitrogens with two attached hydrogens (primary N) is 1. The Morgan fingerprint density at radius 1 is 1.17 bits per heavy atom. The zero-order valence-electron chi connectivity index (χ0n) is 12.3. The second kappa shape index (κ2) is 5.61. The van der Waals surface area contributed by atoms with E-state index in [2.05, 4.69) is 33.8 Å². The van der Waals surface area contributed by atoms with Crippen molar-refractivity contribution in [2.75, 3.05) is 20.8 Å². The van der Waals surface area contributed by atoms with Gasteiger partial charge in [0.05, 0.1) is 14.2 Å². The molecule has 1 unspecified atom stereocenters. The Bertz CT molecular complexity index is 408. The highest BCUT2D eigenvalue weighted by Crippen LogP contribution is 2.39. The number of rotatable bonds is 4. The van der Waals surface area contributed by atoms with Crippen molar-refractivity contribution < 1.29 is 9.47 Å². The van der Waals surface area contributed by atoms with Gasteiger partial charge in [0.2, 0.25) is 0 Å². The molecule has 0 aliphatic carbocycles. The number of benzene rings is 1. The molecule has 0 radical (unpaired) electrons. The van der Waals surface area contributed by atoms with E-state index in [4.69, 9.17) is 15.2 Å². The minimum absolute atomic E-state index is 0.0720. The topological polar surface area (TPSA) is 44.5 Å². The molecule has 0 bridgehead atoms. The molecule has 0 aliphatic rings. The van der Waals surface area contributed by atoms with Crippen LogP contribution in [0.5, 0.6) is 11.5 Å². The lowest BCUT2D eigenvalue weighted by atomic mass is 9.84. The predicted octanol–water partition coefficient (Wildman–Crippen LogP) is 3.06. The van der Waals surface area contributed by atoms with Gasteiger partial charge in [-0.05, 0) is 29.5 Å². The first-order chi connectivity index (χ1) is 8.35. The lowest BCUT2D eigenvalue weighted by Gasteiger charge is -2.24. The second-order valence-corrected chi connectivity index (χ2v) is 5.69. The van der Waals surface area contributed by atoms with E-state index in [-0.39, 0.29) is 11.3 Å². The molecule has 2 N–H and O–H groups in total. The molecule has 0 heterocycles. The van der Waals surface area contributed by atoms with Gasteiger partial charge in [-0.1, -0.05) is 33.8 Å². The maximum Gasteiger partial charge on any atom is 0.164 e. The van der Waals surface area contributed by atoms with Crippen LogP contribution in [-0.4, -0.2) is 20.8 Å². The Labute approximate surface area is 110 Å². The Balaban J connectivity index is 3.45. The third-order valence-corrected chi connectivity index (χ3v) is 3.26. The number of hydrogen-bond acceptors (Lipinski definition) is 3. The number of ether oxygens (including phenoxy) is 2. The number of methoxy groups -OCH3 is 2. The summed E-state index contributed by atoms with van der Waals surface area (Å²) < 4.78 is 10.9. The number of hydrogen-bond donors (Lipinski definition) is 1. The Hall–Kier alpha value is -1.22. The first kappa shape index (κ1) is 14.8. The van der Waals surface area contributed by atoms with Crippen molar-refractivity contribution in [2.45, 2.75) is 39.0 Å². The van der Waals surface area contributed by atoms with Crippen molar-refractivity contribution in [1.29, 1.82) is 0 Å². The van der Waals surface area contributed by atoms with Gasteiger partial charge in [0.1, 0.15) is 0 Å². The first-order valence-electron chi connectivity index (χ1n) is 6.31. The molecule has 18 heavy (non-hydrogen) atoms. The Morgan fingerprint density at radius 3 is 2.17 bits per heavy atom. The third-order valence-electron chi connectivity index (χ3n) is 3.26. The fourth-order valence-corrected chi connectivity index (χ4v) is 1.92. The van der Waals surface area contributed by atoms with E-state index in [1.807, 2.05) is 6.07 Å². The maximum absolute atomic E-state index is 5.78. The summed E-state index contributed by atoms with van der Waals surface area (Å²) in [5, 5.41) is 0. The Kier molecular flexibility index (Phi) is 4.63. The molecule has 1 atom stereocenters. The fraction of sp³-hybridized carbons (Fsp3) is 0.600. The molecule has 1 aromatic carbocycles. The summed E-state index contributed by atoms with van der Waals surface area (Å²) in [6, 6.07) is 4.23. The molecule has 0 saturated carbocycles. The second-order valence-electron chi connectivity index (χ2n) is 5.69. The van der Waals surface area contributed by atoms with E-state index in [9.17, 15) is 0 Å². The average Bonchev–Trinajstić information content (AvgIpc) is 2.34. The minimum Gasteiger partial charge on any atom is -0.493 e. The van der Waals surface area contributed by atoms with Crippen LogP contribution in [0.1, 0.15) is 44.7 Å². The molecule has 0 aromatic heterocycles. The smallest absolute Gasteiger partial charge is 0.164 e. The molecular weight excluding hydrogens is 226 g/mol. The molecule has 3 nitrogen and oxygen atoms in total. The zero-order valence-corrected chi connectivity index (χ0v) is 12.3. The van der Waals surface area contributed by atoms with Gasteiger partial charge in [0.25, 0.3) is 0 Å². The lowest BCUT2D eigenvalue weighted by Crippen LogP contribution is -2.15. The van der Waals surface area contributed by atoms with Gasteiger partial charge in [0, 0.05) is 5.56 Å². The van der Waals surface area contributed by atoms with E-state index in [0.29, 0.717) is 6.54 Å². The van der Waals surface area contributed by atoms with Gasteiger partial charge in [-0.15, -0.1) is 0 Å². The SMILES string of the molecule is COc1cc(C(C)(C)C)cc(C(C)CN)c1OC. The van der Waals surface area contributed by atoms with E-state index in [1.165, 1.54) is 5.56 Å². The summed E-state index contributed by atoms with van der Waals surface area (Å²) in [7, 11) is 3.34. The van der Waals surface area contributed by atoms with Gasteiger partial charge in [-0.2, -0.15) is 0 Å². The van der Waals surface area contributed by atoms with Gasteiger partial charge in [0.15, 0.2) is 11.5 Å².